The Hall–Kier alpha value is -1.20. The summed E-state index contributed by atoms with van der Waals surface area (Å²) >= 11 is 4.48. The number of benzene rings is 2. The number of carbonyl (C=O) groups excluding carboxylic acids is 1. The van der Waals surface area contributed by atoms with E-state index in [0.29, 0.717) is 10.5 Å². The average molecular weight is 343 g/mol. The quantitative estimate of drug-likeness (QED) is 0.591. The molecule has 0 aliphatic carbocycles. The van der Waals surface area contributed by atoms with Crippen LogP contribution in [0.2, 0.25) is 0 Å². The van der Waals surface area contributed by atoms with Crippen LogP contribution in [0.25, 0.3) is 0 Å². The molecule has 0 unspecified atom stereocenters. The maximum Gasteiger partial charge on any atom is 0.174 e. The Balaban J connectivity index is 2.04. The third-order valence-corrected chi connectivity index (χ3v) is 4.12. The van der Waals surface area contributed by atoms with Gasteiger partial charge in [-0.05, 0) is 24.3 Å². The molecule has 0 N–H and O–H groups in total. The molecule has 98 valence electrons. The molecule has 0 aromatic heterocycles. The number of ketones is 1. The van der Waals surface area contributed by atoms with E-state index in [0.717, 1.165) is 16.6 Å². The lowest BCUT2D eigenvalue weighted by Gasteiger charge is -2.04. The molecule has 2 aromatic carbocycles. The Labute approximate surface area is 122 Å². The third-order valence-electron chi connectivity index (χ3n) is 2.44. The molecule has 5 heteroatoms. The summed E-state index contributed by atoms with van der Waals surface area (Å²) in [5.74, 6) is -1.68. The number of Topliss-reactive ketones (excluding diaryl/α,β-unsaturated/α-hetero) is 1. The highest BCUT2D eigenvalue weighted by Crippen LogP contribution is 2.23. The average Bonchev–Trinajstić information content (AvgIpc) is 2.40. The molecule has 19 heavy (non-hydrogen) atoms. The van der Waals surface area contributed by atoms with Crippen molar-refractivity contribution in [3.05, 3.63) is 64.1 Å². The molecular formula is C14H9BrF2OS. The Morgan fingerprint density at radius 1 is 1.11 bits per heavy atom. The zero-order valence-electron chi connectivity index (χ0n) is 9.70. The first-order chi connectivity index (χ1) is 9.08. The van der Waals surface area contributed by atoms with Gasteiger partial charge in [-0.25, -0.2) is 8.78 Å². The van der Waals surface area contributed by atoms with Gasteiger partial charge in [0.2, 0.25) is 0 Å². The lowest BCUT2D eigenvalue weighted by atomic mass is 10.1. The van der Waals surface area contributed by atoms with Crippen LogP contribution in [0.4, 0.5) is 8.78 Å². The van der Waals surface area contributed by atoms with E-state index in [2.05, 4.69) is 15.9 Å². The van der Waals surface area contributed by atoms with E-state index in [9.17, 15) is 13.6 Å². The van der Waals surface area contributed by atoms with E-state index in [1.54, 1.807) is 18.2 Å². The van der Waals surface area contributed by atoms with Crippen molar-refractivity contribution in [2.24, 2.45) is 0 Å². The Morgan fingerprint density at radius 3 is 2.53 bits per heavy atom. The van der Waals surface area contributed by atoms with Crippen molar-refractivity contribution >= 4 is 33.5 Å². The highest BCUT2D eigenvalue weighted by Gasteiger charge is 2.10. The fraction of sp³-hybridized carbons (Fsp3) is 0.0714. The molecule has 2 rings (SSSR count). The third kappa shape index (κ3) is 3.64. The number of halogens is 3. The second kappa shape index (κ2) is 6.30. The molecule has 0 amide bonds. The summed E-state index contributed by atoms with van der Waals surface area (Å²) in [6.07, 6.45) is 0. The minimum absolute atomic E-state index is 0.0674. The van der Waals surface area contributed by atoms with Gasteiger partial charge in [0.05, 0.1) is 5.75 Å². The summed E-state index contributed by atoms with van der Waals surface area (Å²) in [5, 5.41) is 0. The zero-order valence-corrected chi connectivity index (χ0v) is 12.1. The van der Waals surface area contributed by atoms with E-state index in [1.807, 2.05) is 6.07 Å². The van der Waals surface area contributed by atoms with Gasteiger partial charge in [-0.2, -0.15) is 0 Å². The van der Waals surface area contributed by atoms with Crippen molar-refractivity contribution in [3.63, 3.8) is 0 Å². The largest absolute Gasteiger partial charge is 0.293 e. The fourth-order valence-corrected chi connectivity index (χ4v) is 2.79. The highest BCUT2D eigenvalue weighted by atomic mass is 79.9. The molecule has 0 saturated heterocycles. The number of hydrogen-bond acceptors (Lipinski definition) is 2. The van der Waals surface area contributed by atoms with E-state index in [-0.39, 0.29) is 11.5 Å². The molecule has 1 nitrogen and oxygen atoms in total. The molecule has 0 bridgehead atoms. The fourth-order valence-electron chi connectivity index (χ4n) is 1.48. The van der Waals surface area contributed by atoms with Crippen LogP contribution in [0.5, 0.6) is 0 Å². The highest BCUT2D eigenvalue weighted by molar-refractivity contribution is 9.10. The topological polar surface area (TPSA) is 17.1 Å². The second-order valence-electron chi connectivity index (χ2n) is 3.77. The van der Waals surface area contributed by atoms with Crippen LogP contribution >= 0.6 is 27.7 Å². The number of carbonyl (C=O) groups is 1. The lowest BCUT2D eigenvalue weighted by Crippen LogP contribution is -2.03. The molecule has 0 aliphatic rings. The molecular weight excluding hydrogens is 334 g/mol. The Morgan fingerprint density at radius 2 is 1.84 bits per heavy atom. The summed E-state index contributed by atoms with van der Waals surface area (Å²) in [7, 11) is 0. The molecule has 0 atom stereocenters. The molecule has 0 spiro atoms. The van der Waals surface area contributed by atoms with E-state index < -0.39 is 11.6 Å². The van der Waals surface area contributed by atoms with E-state index >= 15 is 0 Å². The van der Waals surface area contributed by atoms with Gasteiger partial charge in [0.25, 0.3) is 0 Å². The first kappa shape index (κ1) is 14.2. The molecule has 0 fully saturated rings. The van der Waals surface area contributed by atoms with E-state index in [4.69, 9.17) is 0 Å². The summed E-state index contributed by atoms with van der Waals surface area (Å²) in [6.45, 7) is 0. The van der Waals surface area contributed by atoms with Crippen LogP contribution in [-0.4, -0.2) is 11.5 Å². The standard InChI is InChI=1S/C14H9BrF2OS/c15-11-4-2-1-3-10(11)14(18)8-19-9-5-6-12(16)13(17)7-9/h1-7H,8H2. The molecule has 0 aliphatic heterocycles. The van der Waals surface area contributed by atoms with Crippen molar-refractivity contribution in [3.8, 4) is 0 Å². The molecule has 0 saturated carbocycles. The first-order valence-electron chi connectivity index (χ1n) is 5.43. The normalized spacial score (nSPS) is 10.5. The van der Waals surface area contributed by atoms with Crippen LogP contribution in [0.15, 0.2) is 51.8 Å². The van der Waals surface area contributed by atoms with Crippen LogP contribution in [0.3, 0.4) is 0 Å². The predicted molar refractivity (Wildman–Crippen MR) is 75.6 cm³/mol. The van der Waals surface area contributed by atoms with Gasteiger partial charge in [-0.1, -0.05) is 34.1 Å². The van der Waals surface area contributed by atoms with Gasteiger partial charge >= 0.3 is 0 Å². The van der Waals surface area contributed by atoms with Crippen molar-refractivity contribution in [1.82, 2.24) is 0 Å². The van der Waals surface area contributed by atoms with Gasteiger partial charge < -0.3 is 0 Å². The number of thioether (sulfide) groups is 1. The van der Waals surface area contributed by atoms with Crippen molar-refractivity contribution in [2.45, 2.75) is 4.90 Å². The number of rotatable bonds is 4. The summed E-state index contributed by atoms with van der Waals surface area (Å²) < 4.78 is 26.5. The minimum Gasteiger partial charge on any atom is -0.293 e. The number of hydrogen-bond donors (Lipinski definition) is 0. The Bertz CT molecular complexity index is 616. The lowest BCUT2D eigenvalue weighted by molar-refractivity contribution is 0.102. The van der Waals surface area contributed by atoms with Gasteiger partial charge in [-0.3, -0.25) is 4.79 Å². The van der Waals surface area contributed by atoms with Crippen molar-refractivity contribution in [2.75, 3.05) is 5.75 Å². The zero-order chi connectivity index (χ0) is 13.8. The predicted octanol–water partition coefficient (Wildman–Crippen LogP) is 4.70. The summed E-state index contributed by atoms with van der Waals surface area (Å²) in [4.78, 5) is 12.5. The van der Waals surface area contributed by atoms with Gasteiger partial charge in [0.15, 0.2) is 17.4 Å². The van der Waals surface area contributed by atoms with E-state index in [1.165, 1.54) is 17.8 Å². The minimum atomic E-state index is -0.904. The SMILES string of the molecule is O=C(CSc1ccc(F)c(F)c1)c1ccccc1Br. The maximum atomic E-state index is 13.0. The van der Waals surface area contributed by atoms with Gasteiger partial charge in [0.1, 0.15) is 0 Å². The van der Waals surface area contributed by atoms with Crippen LogP contribution < -0.4 is 0 Å². The van der Waals surface area contributed by atoms with Crippen LogP contribution in [-0.2, 0) is 0 Å². The Kier molecular flexibility index (Phi) is 4.71. The van der Waals surface area contributed by atoms with Crippen molar-refractivity contribution < 1.29 is 13.6 Å². The van der Waals surface area contributed by atoms with Crippen LogP contribution in [0, 0.1) is 11.6 Å². The smallest absolute Gasteiger partial charge is 0.174 e. The molecule has 0 radical (unpaired) electrons. The summed E-state index contributed by atoms with van der Waals surface area (Å²) in [6, 6.07) is 10.7. The van der Waals surface area contributed by atoms with Gasteiger partial charge in [-0.15, -0.1) is 11.8 Å². The van der Waals surface area contributed by atoms with Crippen molar-refractivity contribution in [1.29, 1.82) is 0 Å². The molecule has 0 heterocycles. The summed E-state index contributed by atoms with van der Waals surface area (Å²) in [5.41, 5.74) is 0.581. The maximum absolute atomic E-state index is 13.0. The first-order valence-corrected chi connectivity index (χ1v) is 7.21. The molecule has 2 aromatic rings. The monoisotopic (exact) mass is 342 g/mol. The second-order valence-corrected chi connectivity index (χ2v) is 5.67. The van der Waals surface area contributed by atoms with Gasteiger partial charge in [0, 0.05) is 14.9 Å². The van der Waals surface area contributed by atoms with Crippen LogP contribution in [0.1, 0.15) is 10.4 Å².